The minimum atomic E-state index is -3.58. The lowest BCUT2D eigenvalue weighted by atomic mass is 9.97. The Hall–Kier alpha value is -1.21. The van der Waals surface area contributed by atoms with Gasteiger partial charge in [0.15, 0.2) is 0 Å². The van der Waals surface area contributed by atoms with Gasteiger partial charge < -0.3 is 5.11 Å². The zero-order valence-electron chi connectivity index (χ0n) is 12.0. The molecular formula is C15H19NO3S2. The molecule has 0 bridgehead atoms. The molecular weight excluding hydrogens is 306 g/mol. The first kappa shape index (κ1) is 16.2. The van der Waals surface area contributed by atoms with Crippen molar-refractivity contribution in [3.8, 4) is 0 Å². The van der Waals surface area contributed by atoms with Gasteiger partial charge in [-0.25, -0.2) is 13.1 Å². The van der Waals surface area contributed by atoms with Crippen molar-refractivity contribution < 1.29 is 13.5 Å². The molecule has 2 aromatic rings. The van der Waals surface area contributed by atoms with Crippen LogP contribution in [0.4, 0.5) is 0 Å². The number of nitrogens with one attached hydrogen (secondary N) is 1. The van der Waals surface area contributed by atoms with Crippen LogP contribution in [-0.4, -0.2) is 20.1 Å². The van der Waals surface area contributed by atoms with E-state index in [0.717, 1.165) is 11.3 Å². The van der Waals surface area contributed by atoms with Gasteiger partial charge in [0.05, 0.1) is 0 Å². The maximum atomic E-state index is 12.2. The van der Waals surface area contributed by atoms with Crippen LogP contribution in [0, 0.1) is 0 Å². The van der Waals surface area contributed by atoms with Crippen LogP contribution in [0.15, 0.2) is 46.7 Å². The minimum absolute atomic E-state index is 0.0707. The zero-order chi connectivity index (χ0) is 15.5. The average Bonchev–Trinajstić information content (AvgIpc) is 2.96. The van der Waals surface area contributed by atoms with Gasteiger partial charge in [0.1, 0.15) is 9.81 Å². The number of aliphatic hydroxyl groups is 1. The van der Waals surface area contributed by atoms with E-state index < -0.39 is 15.6 Å². The molecule has 6 heteroatoms. The van der Waals surface area contributed by atoms with Crippen molar-refractivity contribution in [2.75, 3.05) is 6.54 Å². The van der Waals surface area contributed by atoms with Crippen molar-refractivity contribution in [1.82, 2.24) is 4.72 Å². The van der Waals surface area contributed by atoms with Crippen LogP contribution in [-0.2, 0) is 22.0 Å². The van der Waals surface area contributed by atoms with E-state index in [1.165, 1.54) is 11.3 Å². The average molecular weight is 325 g/mol. The summed E-state index contributed by atoms with van der Waals surface area (Å²) in [6, 6.07) is 12.4. The van der Waals surface area contributed by atoms with E-state index in [2.05, 4.69) is 4.72 Å². The molecule has 1 unspecified atom stereocenters. The van der Waals surface area contributed by atoms with Crippen molar-refractivity contribution in [3.63, 3.8) is 0 Å². The summed E-state index contributed by atoms with van der Waals surface area (Å²) in [6.07, 6.45) is 0.807. The van der Waals surface area contributed by atoms with E-state index in [0.29, 0.717) is 5.56 Å². The lowest BCUT2D eigenvalue weighted by molar-refractivity contribution is 0.0627. The first-order valence-electron chi connectivity index (χ1n) is 6.71. The van der Waals surface area contributed by atoms with E-state index in [4.69, 9.17) is 0 Å². The summed E-state index contributed by atoms with van der Waals surface area (Å²) in [7, 11) is -3.58. The van der Waals surface area contributed by atoms with E-state index in [1.54, 1.807) is 25.1 Å². The maximum absolute atomic E-state index is 12.2. The van der Waals surface area contributed by atoms with Gasteiger partial charge in [0, 0.05) is 11.4 Å². The van der Waals surface area contributed by atoms with Gasteiger partial charge in [-0.05, 0) is 31.0 Å². The molecule has 4 nitrogen and oxygen atoms in total. The van der Waals surface area contributed by atoms with Gasteiger partial charge >= 0.3 is 0 Å². The smallest absolute Gasteiger partial charge is 0.250 e. The third-order valence-electron chi connectivity index (χ3n) is 3.25. The molecule has 0 aliphatic heterocycles. The Labute approximate surface area is 129 Å². The van der Waals surface area contributed by atoms with Crippen molar-refractivity contribution in [2.45, 2.75) is 30.1 Å². The molecule has 0 aliphatic carbocycles. The molecule has 2 rings (SSSR count). The molecule has 0 fully saturated rings. The van der Waals surface area contributed by atoms with Gasteiger partial charge in [0.2, 0.25) is 10.0 Å². The summed E-state index contributed by atoms with van der Waals surface area (Å²) in [6.45, 7) is 3.51. The molecule has 0 saturated carbocycles. The van der Waals surface area contributed by atoms with Crippen LogP contribution < -0.4 is 4.72 Å². The Morgan fingerprint density at radius 2 is 1.86 bits per heavy atom. The predicted molar refractivity (Wildman–Crippen MR) is 84.9 cm³/mol. The Balaban J connectivity index is 2.11. The third-order valence-corrected chi connectivity index (χ3v) is 6.38. The Bertz CT molecular complexity index is 691. The monoisotopic (exact) mass is 325 g/mol. The Kier molecular flexibility index (Phi) is 4.83. The van der Waals surface area contributed by atoms with Crippen LogP contribution in [0.2, 0.25) is 0 Å². The topological polar surface area (TPSA) is 66.4 Å². The maximum Gasteiger partial charge on any atom is 0.250 e. The molecule has 1 heterocycles. The molecule has 1 atom stereocenters. The molecule has 0 amide bonds. The summed E-state index contributed by atoms with van der Waals surface area (Å²) in [4.78, 5) is 1.02. The second-order valence-electron chi connectivity index (χ2n) is 5.04. The third kappa shape index (κ3) is 3.91. The van der Waals surface area contributed by atoms with Crippen LogP contribution in [0.3, 0.4) is 0 Å². The summed E-state index contributed by atoms with van der Waals surface area (Å²) in [5, 5.41) is 10.4. The van der Waals surface area contributed by atoms with Crippen molar-refractivity contribution in [3.05, 3.63) is 52.9 Å². The molecule has 0 saturated heterocycles. The minimum Gasteiger partial charge on any atom is -0.384 e. The summed E-state index contributed by atoms with van der Waals surface area (Å²) < 4.78 is 27.2. The molecule has 1 aromatic carbocycles. The van der Waals surface area contributed by atoms with Crippen LogP contribution in [0.1, 0.15) is 24.3 Å². The fourth-order valence-corrected chi connectivity index (χ4v) is 4.37. The standard InChI is InChI=1S/C15H19NO3S2/c1-3-13-9-10-14(20-13)21(18,19)16-11-15(2,17)12-7-5-4-6-8-12/h4-10,16-17H,3,11H2,1-2H3. The summed E-state index contributed by atoms with van der Waals surface area (Å²) in [5.41, 5.74) is -0.577. The van der Waals surface area contributed by atoms with Crippen LogP contribution in [0.5, 0.6) is 0 Å². The molecule has 114 valence electrons. The zero-order valence-corrected chi connectivity index (χ0v) is 13.7. The highest BCUT2D eigenvalue weighted by Gasteiger charge is 2.26. The van der Waals surface area contributed by atoms with Gasteiger partial charge in [-0.3, -0.25) is 0 Å². The molecule has 0 aliphatic rings. The lowest BCUT2D eigenvalue weighted by Crippen LogP contribution is -2.38. The summed E-state index contributed by atoms with van der Waals surface area (Å²) >= 11 is 1.25. The number of benzene rings is 1. The van der Waals surface area contributed by atoms with Crippen LogP contribution >= 0.6 is 11.3 Å². The van der Waals surface area contributed by atoms with Gasteiger partial charge in [-0.1, -0.05) is 37.3 Å². The van der Waals surface area contributed by atoms with E-state index in [-0.39, 0.29) is 10.8 Å². The Morgan fingerprint density at radius 3 is 2.43 bits per heavy atom. The Morgan fingerprint density at radius 1 is 1.19 bits per heavy atom. The highest BCUT2D eigenvalue weighted by Crippen LogP contribution is 2.24. The number of aryl methyl sites for hydroxylation is 1. The first-order valence-corrected chi connectivity index (χ1v) is 9.01. The normalized spacial score (nSPS) is 14.8. The van der Waals surface area contributed by atoms with Crippen molar-refractivity contribution in [1.29, 1.82) is 0 Å². The second-order valence-corrected chi connectivity index (χ2v) is 8.20. The van der Waals surface area contributed by atoms with Crippen molar-refractivity contribution in [2.24, 2.45) is 0 Å². The number of thiophene rings is 1. The SMILES string of the molecule is CCc1ccc(S(=O)(=O)NCC(C)(O)c2ccccc2)s1. The highest BCUT2D eigenvalue weighted by molar-refractivity contribution is 7.91. The molecule has 0 radical (unpaired) electrons. The van der Waals surface area contributed by atoms with Gasteiger partial charge in [-0.2, -0.15) is 0 Å². The van der Waals surface area contributed by atoms with Crippen molar-refractivity contribution >= 4 is 21.4 Å². The number of sulfonamides is 1. The number of hydrogen-bond acceptors (Lipinski definition) is 4. The van der Waals surface area contributed by atoms with Gasteiger partial charge in [0.25, 0.3) is 0 Å². The molecule has 1 aromatic heterocycles. The van der Waals surface area contributed by atoms with Gasteiger partial charge in [-0.15, -0.1) is 11.3 Å². The quantitative estimate of drug-likeness (QED) is 0.857. The molecule has 2 N–H and O–H groups in total. The fourth-order valence-electron chi connectivity index (χ4n) is 1.90. The predicted octanol–water partition coefficient (Wildman–Crippen LogP) is 2.50. The number of rotatable bonds is 6. The highest BCUT2D eigenvalue weighted by atomic mass is 32.2. The number of hydrogen-bond donors (Lipinski definition) is 2. The van der Waals surface area contributed by atoms with E-state index in [9.17, 15) is 13.5 Å². The molecule has 21 heavy (non-hydrogen) atoms. The lowest BCUT2D eigenvalue weighted by Gasteiger charge is -2.24. The second kappa shape index (κ2) is 6.27. The largest absolute Gasteiger partial charge is 0.384 e. The summed E-state index contributed by atoms with van der Waals surface area (Å²) in [5.74, 6) is 0. The molecule has 0 spiro atoms. The first-order chi connectivity index (χ1) is 9.85. The van der Waals surface area contributed by atoms with E-state index >= 15 is 0 Å². The van der Waals surface area contributed by atoms with Crippen LogP contribution in [0.25, 0.3) is 0 Å². The van der Waals surface area contributed by atoms with E-state index in [1.807, 2.05) is 31.2 Å². The fraction of sp³-hybridized carbons (Fsp3) is 0.333.